The average molecular weight is 184 g/mol. The van der Waals surface area contributed by atoms with Crippen molar-refractivity contribution in [1.82, 2.24) is 15.4 Å². The molecule has 0 bridgehead atoms. The van der Waals surface area contributed by atoms with E-state index in [1.165, 1.54) is 0 Å². The van der Waals surface area contributed by atoms with Gasteiger partial charge in [0, 0.05) is 0 Å². The van der Waals surface area contributed by atoms with Crippen LogP contribution in [-0.4, -0.2) is 22.5 Å². The summed E-state index contributed by atoms with van der Waals surface area (Å²) in [6.45, 7) is 0. The number of nitrogens with zero attached hydrogens (tertiary/aromatic N) is 2. The highest BCUT2D eigenvalue weighted by molar-refractivity contribution is 6.33. The maximum Gasteiger partial charge on any atom is 0.167 e. The number of hydrogen-bond acceptors (Lipinski definition) is 3. The summed E-state index contributed by atoms with van der Waals surface area (Å²) in [5.41, 5.74) is 1.40. The van der Waals surface area contributed by atoms with E-state index in [1.807, 2.05) is 0 Å². The molecule has 62 valence electrons. The molecule has 0 spiro atoms. The summed E-state index contributed by atoms with van der Waals surface area (Å²) >= 11 is 5.85. The summed E-state index contributed by atoms with van der Waals surface area (Å²) < 4.78 is 5.06. The van der Waals surface area contributed by atoms with E-state index < -0.39 is 0 Å². The topological polar surface area (TPSA) is 50.8 Å². The Hall–Kier alpha value is -1.29. The molecular formula is C7H6ClN3O. The maximum atomic E-state index is 5.85. The minimum Gasteiger partial charge on any atom is -0.493 e. The molecule has 2 aromatic rings. The van der Waals surface area contributed by atoms with Gasteiger partial charge in [-0.05, 0) is 12.1 Å². The highest BCUT2D eigenvalue weighted by atomic mass is 35.5. The van der Waals surface area contributed by atoms with Crippen LogP contribution in [0.3, 0.4) is 0 Å². The smallest absolute Gasteiger partial charge is 0.167 e. The number of H-pyrrole nitrogens is 1. The molecule has 0 aliphatic heterocycles. The van der Waals surface area contributed by atoms with Crippen LogP contribution in [-0.2, 0) is 0 Å². The Morgan fingerprint density at radius 3 is 3.00 bits per heavy atom. The predicted octanol–water partition coefficient (Wildman–Crippen LogP) is 1.62. The SMILES string of the molecule is COc1c(Cl)ccc2n[nH]nc12. The lowest BCUT2D eigenvalue weighted by molar-refractivity contribution is 0.419. The number of benzene rings is 1. The number of methoxy groups -OCH3 is 1. The minimum absolute atomic E-state index is 0.541. The average Bonchev–Trinajstić information content (AvgIpc) is 2.52. The minimum atomic E-state index is 0.541. The lowest BCUT2D eigenvalue weighted by atomic mass is 10.3. The van der Waals surface area contributed by atoms with Crippen molar-refractivity contribution in [3.05, 3.63) is 17.2 Å². The lowest BCUT2D eigenvalue weighted by Crippen LogP contribution is -1.85. The molecule has 12 heavy (non-hydrogen) atoms. The van der Waals surface area contributed by atoms with Crippen LogP contribution in [0.2, 0.25) is 5.02 Å². The van der Waals surface area contributed by atoms with Gasteiger partial charge >= 0.3 is 0 Å². The Bertz CT molecular complexity index is 412. The third-order valence-electron chi connectivity index (χ3n) is 1.60. The van der Waals surface area contributed by atoms with Crippen molar-refractivity contribution in [2.24, 2.45) is 0 Å². The number of halogens is 1. The summed E-state index contributed by atoms with van der Waals surface area (Å²) in [7, 11) is 1.55. The molecule has 1 heterocycles. The second-order valence-corrected chi connectivity index (χ2v) is 2.68. The first kappa shape index (κ1) is 7.36. The van der Waals surface area contributed by atoms with E-state index in [0.717, 1.165) is 5.52 Å². The van der Waals surface area contributed by atoms with Gasteiger partial charge in [0.15, 0.2) is 11.3 Å². The number of fused-ring (bicyclic) bond motifs is 1. The van der Waals surface area contributed by atoms with Crippen LogP contribution in [0.25, 0.3) is 11.0 Å². The molecule has 0 amide bonds. The Labute approximate surface area is 73.5 Å². The highest BCUT2D eigenvalue weighted by Gasteiger charge is 2.08. The van der Waals surface area contributed by atoms with Gasteiger partial charge in [0.25, 0.3) is 0 Å². The van der Waals surface area contributed by atoms with Crippen LogP contribution < -0.4 is 4.74 Å². The Morgan fingerprint density at radius 1 is 1.42 bits per heavy atom. The molecule has 0 saturated heterocycles. The largest absolute Gasteiger partial charge is 0.493 e. The molecule has 1 N–H and O–H groups in total. The number of aromatic nitrogens is 3. The summed E-state index contributed by atoms with van der Waals surface area (Å²) in [6, 6.07) is 3.51. The zero-order valence-corrected chi connectivity index (χ0v) is 7.09. The number of rotatable bonds is 1. The van der Waals surface area contributed by atoms with Gasteiger partial charge in [-0.3, -0.25) is 0 Å². The van der Waals surface area contributed by atoms with Gasteiger partial charge in [0.1, 0.15) is 5.52 Å². The monoisotopic (exact) mass is 183 g/mol. The standard InChI is InChI=1S/C7H6ClN3O/c1-12-7-4(8)2-3-5-6(7)10-11-9-5/h2-3H,1H3,(H,9,10,11). The summed E-state index contributed by atoms with van der Waals surface area (Å²) in [5.74, 6) is 0.558. The van der Waals surface area contributed by atoms with E-state index in [4.69, 9.17) is 16.3 Å². The molecule has 0 fully saturated rings. The number of ether oxygens (including phenoxy) is 1. The molecule has 0 radical (unpaired) electrons. The molecule has 0 unspecified atom stereocenters. The van der Waals surface area contributed by atoms with Crippen molar-refractivity contribution in [2.45, 2.75) is 0 Å². The molecular weight excluding hydrogens is 178 g/mol. The van der Waals surface area contributed by atoms with Crippen molar-refractivity contribution in [3.63, 3.8) is 0 Å². The first-order valence-electron chi connectivity index (χ1n) is 3.36. The molecule has 4 nitrogen and oxygen atoms in total. The Balaban J connectivity index is 2.83. The van der Waals surface area contributed by atoms with Gasteiger partial charge in [-0.2, -0.15) is 15.4 Å². The van der Waals surface area contributed by atoms with Gasteiger partial charge in [0.2, 0.25) is 0 Å². The van der Waals surface area contributed by atoms with Crippen LogP contribution in [0, 0.1) is 0 Å². The zero-order chi connectivity index (χ0) is 8.55. The number of nitrogens with one attached hydrogen (secondary N) is 1. The molecule has 1 aromatic carbocycles. The Morgan fingerprint density at radius 2 is 2.25 bits per heavy atom. The van der Waals surface area contributed by atoms with Crippen molar-refractivity contribution in [1.29, 1.82) is 0 Å². The van der Waals surface area contributed by atoms with E-state index in [-0.39, 0.29) is 0 Å². The van der Waals surface area contributed by atoms with E-state index in [1.54, 1.807) is 19.2 Å². The molecule has 0 atom stereocenters. The first-order valence-corrected chi connectivity index (χ1v) is 3.73. The van der Waals surface area contributed by atoms with E-state index in [2.05, 4.69) is 15.4 Å². The maximum absolute atomic E-state index is 5.85. The molecule has 0 saturated carbocycles. The fraction of sp³-hybridized carbons (Fsp3) is 0.143. The second-order valence-electron chi connectivity index (χ2n) is 2.27. The second kappa shape index (κ2) is 2.64. The number of hydrogen-bond donors (Lipinski definition) is 1. The molecule has 5 heteroatoms. The van der Waals surface area contributed by atoms with Crippen molar-refractivity contribution >= 4 is 22.6 Å². The molecule has 2 rings (SSSR count). The zero-order valence-electron chi connectivity index (χ0n) is 6.34. The third kappa shape index (κ3) is 0.921. The normalized spacial score (nSPS) is 10.5. The van der Waals surface area contributed by atoms with E-state index in [0.29, 0.717) is 16.3 Å². The van der Waals surface area contributed by atoms with Gasteiger partial charge < -0.3 is 4.74 Å². The highest BCUT2D eigenvalue weighted by Crippen LogP contribution is 2.30. The van der Waals surface area contributed by atoms with Crippen LogP contribution in [0.4, 0.5) is 0 Å². The lowest BCUT2D eigenvalue weighted by Gasteiger charge is -2.00. The number of aromatic amines is 1. The van der Waals surface area contributed by atoms with Crippen molar-refractivity contribution < 1.29 is 4.74 Å². The van der Waals surface area contributed by atoms with Gasteiger partial charge in [-0.15, -0.1) is 0 Å². The fourth-order valence-electron chi connectivity index (χ4n) is 1.06. The van der Waals surface area contributed by atoms with Crippen LogP contribution in [0.15, 0.2) is 12.1 Å². The van der Waals surface area contributed by atoms with Gasteiger partial charge in [-0.25, -0.2) is 0 Å². The summed E-state index contributed by atoms with van der Waals surface area (Å²) in [6.07, 6.45) is 0. The third-order valence-corrected chi connectivity index (χ3v) is 1.90. The molecule has 1 aromatic heterocycles. The molecule has 0 aliphatic rings. The van der Waals surface area contributed by atoms with Crippen molar-refractivity contribution in [2.75, 3.05) is 7.11 Å². The summed E-state index contributed by atoms with van der Waals surface area (Å²) in [5, 5.41) is 10.8. The summed E-state index contributed by atoms with van der Waals surface area (Å²) in [4.78, 5) is 0. The van der Waals surface area contributed by atoms with Crippen LogP contribution in [0.5, 0.6) is 5.75 Å². The van der Waals surface area contributed by atoms with Gasteiger partial charge in [0.05, 0.1) is 12.1 Å². The first-order chi connectivity index (χ1) is 5.83. The van der Waals surface area contributed by atoms with E-state index in [9.17, 15) is 0 Å². The van der Waals surface area contributed by atoms with Crippen LogP contribution in [0.1, 0.15) is 0 Å². The van der Waals surface area contributed by atoms with Crippen molar-refractivity contribution in [3.8, 4) is 5.75 Å². The van der Waals surface area contributed by atoms with E-state index >= 15 is 0 Å². The van der Waals surface area contributed by atoms with Crippen LogP contribution >= 0.6 is 11.6 Å². The van der Waals surface area contributed by atoms with Gasteiger partial charge in [-0.1, -0.05) is 11.6 Å². The quantitative estimate of drug-likeness (QED) is 0.731. The molecule has 0 aliphatic carbocycles. The predicted molar refractivity (Wildman–Crippen MR) is 45.5 cm³/mol. The Kier molecular flexibility index (Phi) is 1.62. The fourth-order valence-corrected chi connectivity index (χ4v) is 1.29.